The fourth-order valence-corrected chi connectivity index (χ4v) is 5.63. The molecule has 2 aliphatic heterocycles. The van der Waals surface area contributed by atoms with Crippen LogP contribution in [0.1, 0.15) is 15.6 Å². The van der Waals surface area contributed by atoms with Crippen LogP contribution in [0.2, 0.25) is 0 Å². The molecular weight excluding hydrogens is 435 g/mol. The second kappa shape index (κ2) is 7.88. The van der Waals surface area contributed by atoms with E-state index < -0.39 is 11.2 Å². The van der Waals surface area contributed by atoms with Crippen molar-refractivity contribution in [2.45, 2.75) is 24.8 Å². The Morgan fingerprint density at radius 3 is 2.66 bits per heavy atom. The number of thiol groups is 1. The first kappa shape index (κ1) is 20.0. The summed E-state index contributed by atoms with van der Waals surface area (Å²) in [4.78, 5) is 38.6. The summed E-state index contributed by atoms with van der Waals surface area (Å²) in [6, 6.07) is 4.88. The average molecular weight is 451 g/mol. The van der Waals surface area contributed by atoms with Crippen LogP contribution in [0.3, 0.4) is 0 Å². The molecule has 1 saturated heterocycles. The van der Waals surface area contributed by atoms with Crippen LogP contribution in [0, 0.1) is 12.7 Å². The molecule has 1 aromatic heterocycles. The number of hydrogen-bond acceptors (Lipinski definition) is 7. The molecule has 0 spiro atoms. The van der Waals surface area contributed by atoms with E-state index >= 15 is 0 Å². The maximum absolute atomic E-state index is 13.0. The van der Waals surface area contributed by atoms with Gasteiger partial charge in [-0.05, 0) is 24.6 Å². The van der Waals surface area contributed by atoms with Crippen LogP contribution in [0.25, 0.3) is 5.57 Å². The summed E-state index contributed by atoms with van der Waals surface area (Å²) in [6.45, 7) is 1.81. The third-order valence-electron chi connectivity index (χ3n) is 4.55. The van der Waals surface area contributed by atoms with Gasteiger partial charge in [-0.15, -0.1) is 22.0 Å². The standard InChI is InChI=1S/C18H15FN4O3S3/c1-8-21-22-15(29-8)11-7-28-17-13(16(25)23(17)14(11)18(26)27)20-12(24)6-9-2-4-10(19)5-3-9/h2-5,13,17H,6-7H2,1H3,(H,20,24)(H,26,27)/t13-,17-/m1/s1. The quantitative estimate of drug-likeness (QED) is 0.533. The molecule has 2 amide bonds. The minimum atomic E-state index is -0.728. The maximum atomic E-state index is 13.0. The number of aromatic nitrogens is 2. The number of rotatable bonds is 5. The summed E-state index contributed by atoms with van der Waals surface area (Å²) in [7, 11) is 0. The van der Waals surface area contributed by atoms with Crippen molar-refractivity contribution in [1.29, 1.82) is 0 Å². The Labute approximate surface area is 179 Å². The molecule has 2 aliphatic rings. The topological polar surface area (TPSA) is 92.3 Å². The lowest BCUT2D eigenvalue weighted by Gasteiger charge is -2.49. The minimum absolute atomic E-state index is 0.0327. The molecular formula is C18H15FN4O3S3. The monoisotopic (exact) mass is 450 g/mol. The van der Waals surface area contributed by atoms with Crippen molar-refractivity contribution < 1.29 is 18.8 Å². The number of carbonyl (C=O) groups is 3. The highest BCUT2D eigenvalue weighted by atomic mass is 32.2. The number of carbonyl (C=O) groups excluding carboxylic acids is 3. The van der Waals surface area contributed by atoms with Gasteiger partial charge in [0.1, 0.15) is 32.9 Å². The Kier molecular flexibility index (Phi) is 5.45. The van der Waals surface area contributed by atoms with Crippen molar-refractivity contribution in [1.82, 2.24) is 20.4 Å². The van der Waals surface area contributed by atoms with E-state index in [1.165, 1.54) is 52.3 Å². The van der Waals surface area contributed by atoms with E-state index in [2.05, 4.69) is 28.1 Å². The van der Waals surface area contributed by atoms with Gasteiger partial charge in [0.05, 0.1) is 6.42 Å². The van der Waals surface area contributed by atoms with Crippen LogP contribution in [0.4, 0.5) is 4.39 Å². The molecule has 29 heavy (non-hydrogen) atoms. The minimum Gasteiger partial charge on any atom is -0.341 e. The molecule has 3 heterocycles. The second-order valence-corrected chi connectivity index (χ2v) is 9.21. The number of thioether (sulfide) groups is 1. The molecule has 4 rings (SSSR count). The van der Waals surface area contributed by atoms with Gasteiger partial charge in [-0.2, -0.15) is 0 Å². The average Bonchev–Trinajstić information content (AvgIpc) is 3.12. The zero-order valence-corrected chi connectivity index (χ0v) is 17.6. The van der Waals surface area contributed by atoms with E-state index in [1.54, 1.807) is 0 Å². The van der Waals surface area contributed by atoms with E-state index in [-0.39, 0.29) is 35.1 Å². The van der Waals surface area contributed by atoms with Crippen molar-refractivity contribution in [2.24, 2.45) is 0 Å². The molecule has 0 radical (unpaired) electrons. The molecule has 2 atom stereocenters. The van der Waals surface area contributed by atoms with Gasteiger partial charge >= 0.3 is 0 Å². The third kappa shape index (κ3) is 3.81. The van der Waals surface area contributed by atoms with Crippen molar-refractivity contribution in [3.63, 3.8) is 0 Å². The summed E-state index contributed by atoms with van der Waals surface area (Å²) in [5, 5.41) is 11.2. The van der Waals surface area contributed by atoms with Crippen LogP contribution < -0.4 is 5.32 Å². The molecule has 150 valence electrons. The van der Waals surface area contributed by atoms with Crippen LogP contribution in [-0.2, 0) is 20.8 Å². The van der Waals surface area contributed by atoms with E-state index in [4.69, 9.17) is 0 Å². The molecule has 1 fully saturated rings. The fourth-order valence-electron chi connectivity index (χ4n) is 3.21. The molecule has 11 heteroatoms. The third-order valence-corrected chi connectivity index (χ3v) is 6.94. The largest absolute Gasteiger partial charge is 0.341 e. The number of nitrogens with one attached hydrogen (secondary N) is 1. The molecule has 1 aromatic carbocycles. The van der Waals surface area contributed by atoms with Crippen molar-refractivity contribution >= 4 is 58.2 Å². The Balaban J connectivity index is 1.50. The molecule has 0 bridgehead atoms. The lowest BCUT2D eigenvalue weighted by molar-refractivity contribution is -0.146. The first-order valence-corrected chi connectivity index (χ1v) is 10.9. The number of β-lactam (4-membered cyclic amide) rings is 1. The molecule has 2 aromatic rings. The number of nitrogens with zero attached hydrogens (tertiary/aromatic N) is 3. The van der Waals surface area contributed by atoms with Gasteiger partial charge in [0.2, 0.25) is 11.0 Å². The first-order chi connectivity index (χ1) is 13.8. The molecule has 7 nitrogen and oxygen atoms in total. The number of hydrogen-bond donors (Lipinski definition) is 2. The Bertz CT molecular complexity index is 1040. The van der Waals surface area contributed by atoms with Gasteiger partial charge in [0.25, 0.3) is 5.91 Å². The Hall–Kier alpha value is -2.24. The van der Waals surface area contributed by atoms with E-state index in [0.717, 1.165) is 5.01 Å². The van der Waals surface area contributed by atoms with Crippen molar-refractivity contribution in [3.05, 3.63) is 51.4 Å². The maximum Gasteiger partial charge on any atom is 0.253 e. The predicted octanol–water partition coefficient (Wildman–Crippen LogP) is 1.80. The number of halogens is 1. The molecule has 0 unspecified atom stereocenters. The lowest BCUT2D eigenvalue weighted by atomic mass is 10.0. The normalized spacial score (nSPS) is 20.9. The Morgan fingerprint density at radius 2 is 2.03 bits per heavy atom. The first-order valence-electron chi connectivity index (χ1n) is 8.60. The smallest absolute Gasteiger partial charge is 0.253 e. The van der Waals surface area contributed by atoms with Gasteiger partial charge in [0, 0.05) is 11.3 Å². The predicted molar refractivity (Wildman–Crippen MR) is 111 cm³/mol. The summed E-state index contributed by atoms with van der Waals surface area (Å²) >= 11 is 6.73. The van der Waals surface area contributed by atoms with Crippen LogP contribution >= 0.6 is 35.7 Å². The van der Waals surface area contributed by atoms with Gasteiger partial charge in [-0.1, -0.05) is 36.1 Å². The van der Waals surface area contributed by atoms with E-state index in [0.29, 0.717) is 21.9 Å². The Morgan fingerprint density at radius 1 is 1.31 bits per heavy atom. The van der Waals surface area contributed by atoms with E-state index in [9.17, 15) is 18.8 Å². The zero-order valence-electron chi connectivity index (χ0n) is 15.1. The van der Waals surface area contributed by atoms with E-state index in [1.807, 2.05) is 6.92 Å². The highest BCUT2D eigenvalue weighted by Crippen LogP contribution is 2.44. The van der Waals surface area contributed by atoms with Crippen LogP contribution in [0.15, 0.2) is 30.0 Å². The van der Waals surface area contributed by atoms with Gasteiger partial charge < -0.3 is 5.32 Å². The highest BCUT2D eigenvalue weighted by molar-refractivity contribution is 8.00. The SMILES string of the molecule is Cc1nnc(C2=C(C(=O)S)N3C(=O)[C@@H](NC(=O)Cc4ccc(F)cc4)[C@H]3SC2)s1. The number of aryl methyl sites for hydroxylation is 1. The number of benzene rings is 1. The van der Waals surface area contributed by atoms with Crippen molar-refractivity contribution in [3.8, 4) is 0 Å². The number of amides is 2. The lowest BCUT2D eigenvalue weighted by Crippen LogP contribution is -2.70. The summed E-state index contributed by atoms with van der Waals surface area (Å²) in [5.41, 5.74) is 1.47. The second-order valence-electron chi connectivity index (χ2n) is 6.52. The van der Waals surface area contributed by atoms with Gasteiger partial charge in [0.15, 0.2) is 0 Å². The zero-order chi connectivity index (χ0) is 20.7. The van der Waals surface area contributed by atoms with Crippen LogP contribution in [0.5, 0.6) is 0 Å². The molecule has 1 N–H and O–H groups in total. The summed E-state index contributed by atoms with van der Waals surface area (Å²) < 4.78 is 13.0. The summed E-state index contributed by atoms with van der Waals surface area (Å²) in [6.07, 6.45) is 0.0327. The van der Waals surface area contributed by atoms with Crippen molar-refractivity contribution in [2.75, 3.05) is 5.75 Å². The van der Waals surface area contributed by atoms with Gasteiger partial charge in [-0.25, -0.2) is 4.39 Å². The summed E-state index contributed by atoms with van der Waals surface area (Å²) in [5.74, 6) is -0.640. The molecule has 0 saturated carbocycles. The number of fused-ring (bicyclic) bond motifs is 1. The van der Waals surface area contributed by atoms with Crippen LogP contribution in [-0.4, -0.2) is 49.2 Å². The van der Waals surface area contributed by atoms with Gasteiger partial charge in [-0.3, -0.25) is 19.3 Å². The fraction of sp³-hybridized carbons (Fsp3) is 0.278. The molecule has 0 aliphatic carbocycles. The highest BCUT2D eigenvalue weighted by Gasteiger charge is 2.54.